The van der Waals surface area contributed by atoms with Gasteiger partial charge in [-0.05, 0) is 44.0 Å². The average molecular weight is 287 g/mol. The van der Waals surface area contributed by atoms with Crippen molar-refractivity contribution in [3.63, 3.8) is 0 Å². The predicted molar refractivity (Wildman–Crippen MR) is 80.8 cm³/mol. The Morgan fingerprint density at radius 3 is 2.90 bits per heavy atom. The van der Waals surface area contributed by atoms with Crippen LogP contribution in [0.15, 0.2) is 24.7 Å². The van der Waals surface area contributed by atoms with Crippen molar-refractivity contribution in [3.8, 4) is 0 Å². The van der Waals surface area contributed by atoms with Crippen LogP contribution in [0.5, 0.6) is 0 Å². The first kappa shape index (κ1) is 15.2. The molecule has 2 aromatic heterocycles. The van der Waals surface area contributed by atoms with E-state index in [1.165, 1.54) is 0 Å². The maximum absolute atomic E-state index is 12.2. The third-order valence-corrected chi connectivity index (χ3v) is 3.51. The molecule has 0 fully saturated rings. The van der Waals surface area contributed by atoms with Gasteiger partial charge in [-0.3, -0.25) is 14.5 Å². The van der Waals surface area contributed by atoms with Crippen LogP contribution in [0.3, 0.4) is 0 Å². The summed E-state index contributed by atoms with van der Waals surface area (Å²) in [5.74, 6) is -0.116. The first-order chi connectivity index (χ1) is 10.1. The summed E-state index contributed by atoms with van der Waals surface area (Å²) in [7, 11) is 0. The summed E-state index contributed by atoms with van der Waals surface area (Å²) < 4.78 is 1.82. The Bertz CT molecular complexity index is 620. The first-order valence-electron chi connectivity index (χ1n) is 7.03. The zero-order chi connectivity index (χ0) is 15.2. The number of carbonyl (C=O) groups excluding carboxylic acids is 1. The summed E-state index contributed by atoms with van der Waals surface area (Å²) in [6.07, 6.45) is 5.97. The minimum Gasteiger partial charge on any atom is -0.348 e. The second-order valence-corrected chi connectivity index (χ2v) is 4.99. The van der Waals surface area contributed by atoms with Crippen LogP contribution in [0, 0.1) is 13.8 Å². The van der Waals surface area contributed by atoms with E-state index in [0.717, 1.165) is 29.8 Å². The molecule has 6 nitrogen and oxygen atoms in total. The minimum absolute atomic E-state index is 0.116. The topological polar surface area (TPSA) is 85.8 Å². The summed E-state index contributed by atoms with van der Waals surface area (Å²) in [6, 6.07) is 1.93. The lowest BCUT2D eigenvalue weighted by atomic mass is 10.1. The monoisotopic (exact) mass is 287 g/mol. The van der Waals surface area contributed by atoms with E-state index < -0.39 is 0 Å². The van der Waals surface area contributed by atoms with Crippen molar-refractivity contribution in [1.82, 2.24) is 20.1 Å². The van der Waals surface area contributed by atoms with Gasteiger partial charge in [0.05, 0.1) is 11.8 Å². The van der Waals surface area contributed by atoms with Crippen molar-refractivity contribution in [3.05, 3.63) is 47.0 Å². The van der Waals surface area contributed by atoms with E-state index in [-0.39, 0.29) is 5.91 Å². The number of hydrogen-bond donors (Lipinski definition) is 2. The van der Waals surface area contributed by atoms with Gasteiger partial charge in [0.1, 0.15) is 0 Å². The lowest BCUT2D eigenvalue weighted by Crippen LogP contribution is -2.24. The Balaban J connectivity index is 2.01. The van der Waals surface area contributed by atoms with Crippen LogP contribution in [0.4, 0.5) is 0 Å². The minimum atomic E-state index is -0.116. The smallest absolute Gasteiger partial charge is 0.255 e. The number of rotatable bonds is 6. The number of amides is 1. The van der Waals surface area contributed by atoms with Gasteiger partial charge < -0.3 is 11.1 Å². The summed E-state index contributed by atoms with van der Waals surface area (Å²) in [5, 5.41) is 7.14. The van der Waals surface area contributed by atoms with Crippen molar-refractivity contribution in [2.24, 2.45) is 5.73 Å². The number of pyridine rings is 1. The largest absolute Gasteiger partial charge is 0.348 e. The molecule has 21 heavy (non-hydrogen) atoms. The molecule has 0 aromatic carbocycles. The van der Waals surface area contributed by atoms with E-state index in [9.17, 15) is 4.79 Å². The van der Waals surface area contributed by atoms with Crippen LogP contribution in [0.25, 0.3) is 0 Å². The Morgan fingerprint density at radius 2 is 2.19 bits per heavy atom. The predicted octanol–water partition coefficient (Wildman–Crippen LogP) is 1.17. The maximum atomic E-state index is 12.2. The van der Waals surface area contributed by atoms with Gasteiger partial charge in [-0.25, -0.2) is 0 Å². The fourth-order valence-electron chi connectivity index (χ4n) is 2.09. The number of nitrogens with two attached hydrogens (primary N) is 1. The number of aromatic nitrogens is 3. The highest BCUT2D eigenvalue weighted by atomic mass is 16.1. The molecule has 3 N–H and O–H groups in total. The zero-order valence-corrected chi connectivity index (χ0v) is 12.5. The maximum Gasteiger partial charge on any atom is 0.255 e. The second kappa shape index (κ2) is 6.99. The SMILES string of the molecule is Cc1ccncc1CNC(=O)c1cnn(CCCN)c1C. The molecule has 2 aromatic rings. The van der Waals surface area contributed by atoms with Crippen molar-refractivity contribution in [2.45, 2.75) is 33.4 Å². The number of nitrogens with zero attached hydrogens (tertiary/aromatic N) is 3. The highest BCUT2D eigenvalue weighted by Gasteiger charge is 2.14. The van der Waals surface area contributed by atoms with Crippen LogP contribution >= 0.6 is 0 Å². The number of aryl methyl sites for hydroxylation is 2. The molecule has 6 heteroatoms. The van der Waals surface area contributed by atoms with E-state index in [1.54, 1.807) is 18.6 Å². The van der Waals surface area contributed by atoms with Gasteiger partial charge >= 0.3 is 0 Å². The third kappa shape index (κ3) is 3.66. The van der Waals surface area contributed by atoms with Gasteiger partial charge in [-0.1, -0.05) is 0 Å². The van der Waals surface area contributed by atoms with Gasteiger partial charge in [0.25, 0.3) is 5.91 Å². The standard InChI is InChI=1S/C15H21N5O/c1-11-4-6-17-8-13(11)9-18-15(21)14-10-19-20(12(14)2)7-3-5-16/h4,6,8,10H,3,5,7,9,16H2,1-2H3,(H,18,21). The normalized spacial score (nSPS) is 10.6. The van der Waals surface area contributed by atoms with Crippen LogP contribution in [-0.4, -0.2) is 27.2 Å². The Kier molecular flexibility index (Phi) is 5.05. The second-order valence-electron chi connectivity index (χ2n) is 4.99. The Labute approximate surface area is 124 Å². The fourth-order valence-corrected chi connectivity index (χ4v) is 2.09. The van der Waals surface area contributed by atoms with Gasteiger partial charge in [0.2, 0.25) is 0 Å². The molecule has 112 valence electrons. The number of carbonyl (C=O) groups is 1. The molecule has 0 aliphatic heterocycles. The van der Waals surface area contributed by atoms with Crippen molar-refractivity contribution in [2.75, 3.05) is 6.54 Å². The lowest BCUT2D eigenvalue weighted by molar-refractivity contribution is 0.0950. The molecule has 0 bridgehead atoms. The van der Waals surface area contributed by atoms with Crippen molar-refractivity contribution < 1.29 is 4.79 Å². The molecule has 2 rings (SSSR count). The molecule has 1 amide bonds. The number of hydrogen-bond acceptors (Lipinski definition) is 4. The molecule has 0 saturated heterocycles. The molecule has 0 unspecified atom stereocenters. The molecule has 2 heterocycles. The van der Waals surface area contributed by atoms with Crippen LogP contribution in [0.1, 0.15) is 33.6 Å². The quantitative estimate of drug-likeness (QED) is 0.835. The molecule has 0 aliphatic carbocycles. The van der Waals surface area contributed by atoms with Crippen molar-refractivity contribution >= 4 is 5.91 Å². The van der Waals surface area contributed by atoms with E-state index >= 15 is 0 Å². The van der Waals surface area contributed by atoms with Crippen LogP contribution < -0.4 is 11.1 Å². The average Bonchev–Trinajstić information content (AvgIpc) is 2.85. The Morgan fingerprint density at radius 1 is 1.38 bits per heavy atom. The molecule has 0 aliphatic rings. The molecule has 0 radical (unpaired) electrons. The van der Waals surface area contributed by atoms with Crippen LogP contribution in [0.2, 0.25) is 0 Å². The van der Waals surface area contributed by atoms with Gasteiger partial charge in [-0.15, -0.1) is 0 Å². The summed E-state index contributed by atoms with van der Waals surface area (Å²) in [6.45, 7) is 5.71. The summed E-state index contributed by atoms with van der Waals surface area (Å²) >= 11 is 0. The first-order valence-corrected chi connectivity index (χ1v) is 7.03. The highest BCUT2D eigenvalue weighted by Crippen LogP contribution is 2.09. The fraction of sp³-hybridized carbons (Fsp3) is 0.400. The van der Waals surface area contributed by atoms with E-state index in [4.69, 9.17) is 5.73 Å². The zero-order valence-electron chi connectivity index (χ0n) is 12.5. The molecule has 0 atom stereocenters. The van der Waals surface area contributed by atoms with E-state index in [2.05, 4.69) is 15.4 Å². The highest BCUT2D eigenvalue weighted by molar-refractivity contribution is 5.94. The summed E-state index contributed by atoms with van der Waals surface area (Å²) in [4.78, 5) is 16.3. The van der Waals surface area contributed by atoms with Gasteiger partial charge in [-0.2, -0.15) is 5.10 Å². The van der Waals surface area contributed by atoms with Gasteiger partial charge in [0.15, 0.2) is 0 Å². The Hall–Kier alpha value is -2.21. The van der Waals surface area contributed by atoms with Gasteiger partial charge in [0, 0.05) is 31.2 Å². The van der Waals surface area contributed by atoms with E-state index in [1.807, 2.05) is 24.6 Å². The molecular weight excluding hydrogens is 266 g/mol. The third-order valence-electron chi connectivity index (χ3n) is 3.51. The van der Waals surface area contributed by atoms with E-state index in [0.29, 0.717) is 18.7 Å². The molecule has 0 spiro atoms. The molecule has 0 saturated carbocycles. The lowest BCUT2D eigenvalue weighted by Gasteiger charge is -2.07. The van der Waals surface area contributed by atoms with Crippen LogP contribution in [-0.2, 0) is 13.1 Å². The number of nitrogens with one attached hydrogen (secondary N) is 1. The molecular formula is C15H21N5O. The summed E-state index contributed by atoms with van der Waals surface area (Å²) in [5.41, 5.74) is 9.09. The van der Waals surface area contributed by atoms with Crippen molar-refractivity contribution in [1.29, 1.82) is 0 Å².